The number of hydrogen-bond acceptors (Lipinski definition) is 5. The molecule has 1 fully saturated rings. The number of carbonyl (C=O) groups excluding carboxylic acids is 1. The Balaban J connectivity index is 1.57. The number of anilines is 2. The summed E-state index contributed by atoms with van der Waals surface area (Å²) in [5.74, 6) is -0.0227. The molecule has 28 heavy (non-hydrogen) atoms. The summed E-state index contributed by atoms with van der Waals surface area (Å²) in [5, 5.41) is 11.4. The molecule has 2 aromatic carbocycles. The summed E-state index contributed by atoms with van der Waals surface area (Å²) in [5.41, 5.74) is 1.94. The van der Waals surface area contributed by atoms with Crippen molar-refractivity contribution in [1.82, 2.24) is 4.90 Å². The monoisotopic (exact) mass is 420 g/mol. The van der Waals surface area contributed by atoms with Crippen molar-refractivity contribution in [1.29, 1.82) is 0 Å². The van der Waals surface area contributed by atoms with Crippen LogP contribution in [-0.4, -0.2) is 50.6 Å². The van der Waals surface area contributed by atoms with Crippen molar-refractivity contribution in [3.63, 3.8) is 0 Å². The van der Waals surface area contributed by atoms with Gasteiger partial charge in [-0.15, -0.1) is 0 Å². The molecule has 0 spiro atoms. The molecule has 1 amide bonds. The largest absolute Gasteiger partial charge is 0.378 e. The molecule has 0 radical (unpaired) electrons. The molecule has 148 valence electrons. The fraction of sp³-hybridized carbons (Fsp3) is 0.222. The fourth-order valence-corrected chi connectivity index (χ4v) is 3.42. The molecule has 1 heterocycles. The highest BCUT2D eigenvalue weighted by atomic mass is 32.2. The van der Waals surface area contributed by atoms with E-state index in [9.17, 15) is 13.2 Å². The Morgan fingerprint density at radius 2 is 1.46 bits per heavy atom. The highest BCUT2D eigenvalue weighted by Gasteiger charge is 2.18. The van der Waals surface area contributed by atoms with Crippen LogP contribution in [0.5, 0.6) is 0 Å². The minimum atomic E-state index is -3.73. The number of hydrogen-bond donors (Lipinski definition) is 3. The first-order valence-corrected chi connectivity index (χ1v) is 10.5. The number of rotatable bonds is 4. The topological polar surface area (TPSA) is 114 Å². The molecule has 10 heteroatoms. The number of sulfonamides is 1. The van der Waals surface area contributed by atoms with Gasteiger partial charge in [0.15, 0.2) is 5.11 Å². The van der Waals surface area contributed by atoms with E-state index >= 15 is 0 Å². The van der Waals surface area contributed by atoms with E-state index in [0.717, 1.165) is 5.69 Å². The molecule has 3 rings (SSSR count). The minimum Gasteiger partial charge on any atom is -0.378 e. The number of benzene rings is 2. The van der Waals surface area contributed by atoms with Gasteiger partial charge in [-0.2, -0.15) is 0 Å². The molecule has 0 aromatic heterocycles. The third-order valence-corrected chi connectivity index (χ3v) is 5.26. The highest BCUT2D eigenvalue weighted by molar-refractivity contribution is 7.89. The Morgan fingerprint density at radius 1 is 0.964 bits per heavy atom. The molecule has 1 saturated heterocycles. The number of carbonyl (C=O) groups is 1. The van der Waals surface area contributed by atoms with Crippen molar-refractivity contribution in [3.8, 4) is 0 Å². The molecule has 4 N–H and O–H groups in total. The van der Waals surface area contributed by atoms with Gasteiger partial charge in [-0.3, -0.25) is 4.79 Å². The maximum atomic E-state index is 12.4. The van der Waals surface area contributed by atoms with Crippen LogP contribution in [0.15, 0.2) is 53.4 Å². The fourth-order valence-electron chi connectivity index (χ4n) is 2.67. The van der Waals surface area contributed by atoms with Gasteiger partial charge in [0.05, 0.1) is 18.1 Å². The van der Waals surface area contributed by atoms with Gasteiger partial charge in [0.1, 0.15) is 0 Å². The lowest BCUT2D eigenvalue weighted by Crippen LogP contribution is -2.40. The van der Waals surface area contributed by atoms with Crippen LogP contribution in [0.1, 0.15) is 10.4 Å². The van der Waals surface area contributed by atoms with Crippen LogP contribution in [0.25, 0.3) is 0 Å². The Labute approximate surface area is 168 Å². The number of amides is 1. The van der Waals surface area contributed by atoms with Gasteiger partial charge in [-0.1, -0.05) is 0 Å². The van der Waals surface area contributed by atoms with Crippen LogP contribution < -0.4 is 15.8 Å². The van der Waals surface area contributed by atoms with E-state index in [2.05, 4.69) is 10.6 Å². The van der Waals surface area contributed by atoms with Gasteiger partial charge in [0, 0.05) is 30.0 Å². The van der Waals surface area contributed by atoms with Crippen LogP contribution in [0.3, 0.4) is 0 Å². The maximum Gasteiger partial charge on any atom is 0.254 e. The Morgan fingerprint density at radius 3 is 1.96 bits per heavy atom. The van der Waals surface area contributed by atoms with E-state index in [1.165, 1.54) is 12.1 Å². The smallest absolute Gasteiger partial charge is 0.254 e. The lowest BCUT2D eigenvalue weighted by atomic mass is 10.1. The third kappa shape index (κ3) is 5.26. The number of nitrogens with one attached hydrogen (secondary N) is 2. The number of ether oxygens (including phenoxy) is 1. The molecule has 2 aromatic rings. The molecule has 1 aliphatic heterocycles. The maximum absolute atomic E-state index is 12.4. The summed E-state index contributed by atoms with van der Waals surface area (Å²) in [6.45, 7) is 2.31. The van der Waals surface area contributed by atoms with E-state index in [4.69, 9.17) is 22.1 Å². The molecule has 0 unspecified atom stereocenters. The highest BCUT2D eigenvalue weighted by Crippen LogP contribution is 2.15. The van der Waals surface area contributed by atoms with Crippen LogP contribution in [0, 0.1) is 0 Å². The normalized spacial score (nSPS) is 14.4. The molecule has 0 atom stereocenters. The second-order valence-corrected chi connectivity index (χ2v) is 8.10. The SMILES string of the molecule is NS(=O)(=O)c1ccc(NC(=S)Nc2ccc(C(=O)N3CCOCC3)cc2)cc1. The lowest BCUT2D eigenvalue weighted by molar-refractivity contribution is 0.0303. The standard InChI is InChI=1S/C18H20N4O4S2/c19-28(24,25)16-7-5-15(6-8-16)21-18(27)20-14-3-1-13(2-4-14)17(23)22-9-11-26-12-10-22/h1-8H,9-12H2,(H2,19,24,25)(H2,20,21,27). The number of nitrogens with two attached hydrogens (primary N) is 1. The summed E-state index contributed by atoms with van der Waals surface area (Å²) in [6, 6.07) is 12.9. The Kier molecular flexibility index (Phi) is 6.25. The third-order valence-electron chi connectivity index (χ3n) is 4.13. The number of thiocarbonyl (C=S) groups is 1. The van der Waals surface area contributed by atoms with Crippen molar-refractivity contribution < 1.29 is 17.9 Å². The predicted molar refractivity (Wildman–Crippen MR) is 111 cm³/mol. The Bertz CT molecular complexity index is 954. The zero-order valence-corrected chi connectivity index (χ0v) is 16.6. The van der Waals surface area contributed by atoms with Gasteiger partial charge in [-0.25, -0.2) is 13.6 Å². The summed E-state index contributed by atoms with van der Waals surface area (Å²) in [7, 11) is -3.73. The summed E-state index contributed by atoms with van der Waals surface area (Å²) in [4.78, 5) is 14.2. The number of primary sulfonamides is 1. The summed E-state index contributed by atoms with van der Waals surface area (Å²) < 4.78 is 27.8. The molecule has 0 bridgehead atoms. The molecule has 1 aliphatic rings. The zero-order valence-electron chi connectivity index (χ0n) is 14.9. The second-order valence-electron chi connectivity index (χ2n) is 6.13. The van der Waals surface area contributed by atoms with Gasteiger partial charge in [0.25, 0.3) is 5.91 Å². The van der Waals surface area contributed by atoms with Crippen LogP contribution in [0.2, 0.25) is 0 Å². The van der Waals surface area contributed by atoms with Crippen LogP contribution >= 0.6 is 12.2 Å². The molecule has 0 aliphatic carbocycles. The minimum absolute atomic E-state index is 0.0227. The Hall–Kier alpha value is -2.53. The van der Waals surface area contributed by atoms with Crippen LogP contribution in [-0.2, 0) is 14.8 Å². The molecule has 0 saturated carbocycles. The zero-order chi connectivity index (χ0) is 20.1. The number of nitrogens with zero attached hydrogens (tertiary/aromatic N) is 1. The summed E-state index contributed by atoms with van der Waals surface area (Å²) >= 11 is 5.26. The van der Waals surface area contributed by atoms with Crippen LogP contribution in [0.4, 0.5) is 11.4 Å². The van der Waals surface area contributed by atoms with Crippen molar-refractivity contribution in [2.45, 2.75) is 4.90 Å². The summed E-state index contributed by atoms with van der Waals surface area (Å²) in [6.07, 6.45) is 0. The van der Waals surface area contributed by atoms with Crippen molar-refractivity contribution >= 4 is 44.6 Å². The van der Waals surface area contributed by atoms with Gasteiger partial charge < -0.3 is 20.3 Å². The van der Waals surface area contributed by atoms with Crippen molar-refractivity contribution in [2.75, 3.05) is 36.9 Å². The van der Waals surface area contributed by atoms with Crippen molar-refractivity contribution in [3.05, 3.63) is 54.1 Å². The van der Waals surface area contributed by atoms with Gasteiger partial charge in [-0.05, 0) is 60.7 Å². The van der Waals surface area contributed by atoms with E-state index in [1.807, 2.05) is 0 Å². The molecule has 8 nitrogen and oxygen atoms in total. The number of morpholine rings is 1. The molecular weight excluding hydrogens is 400 g/mol. The van der Waals surface area contributed by atoms with Gasteiger partial charge in [0.2, 0.25) is 10.0 Å². The second kappa shape index (κ2) is 8.65. The van der Waals surface area contributed by atoms with E-state index < -0.39 is 10.0 Å². The average Bonchev–Trinajstić information content (AvgIpc) is 2.68. The first-order chi connectivity index (χ1) is 13.3. The predicted octanol–water partition coefficient (Wildman–Crippen LogP) is 1.62. The lowest BCUT2D eigenvalue weighted by Gasteiger charge is -2.26. The quantitative estimate of drug-likeness (QED) is 0.644. The van der Waals surface area contributed by atoms with Gasteiger partial charge >= 0.3 is 0 Å². The average molecular weight is 421 g/mol. The van der Waals surface area contributed by atoms with Crippen molar-refractivity contribution in [2.24, 2.45) is 5.14 Å². The first kappa shape index (κ1) is 20.2. The van der Waals surface area contributed by atoms with E-state index in [-0.39, 0.29) is 10.8 Å². The molecular formula is C18H20N4O4S2. The van der Waals surface area contributed by atoms with E-state index in [0.29, 0.717) is 42.7 Å². The van der Waals surface area contributed by atoms with E-state index in [1.54, 1.807) is 41.3 Å². The first-order valence-electron chi connectivity index (χ1n) is 8.51.